The smallest absolute Gasteiger partial charge is 0.417 e. The SMILES string of the molecule is ON=C(COc1ccc(Cc2ncc(C(F)(F)F)cc2Cl)cc1)c1ccc(F)cc1. The van der Waals surface area contributed by atoms with Gasteiger partial charge in [0.1, 0.15) is 23.9 Å². The van der Waals surface area contributed by atoms with E-state index in [4.69, 9.17) is 21.5 Å². The van der Waals surface area contributed by atoms with Crippen molar-refractivity contribution in [2.24, 2.45) is 5.16 Å². The zero-order valence-electron chi connectivity index (χ0n) is 15.3. The van der Waals surface area contributed by atoms with Crippen LogP contribution in [0.5, 0.6) is 5.75 Å². The van der Waals surface area contributed by atoms with Crippen molar-refractivity contribution in [1.82, 2.24) is 4.98 Å². The topological polar surface area (TPSA) is 54.7 Å². The van der Waals surface area contributed by atoms with Gasteiger partial charge in [-0.25, -0.2) is 4.39 Å². The molecule has 2 aromatic carbocycles. The van der Waals surface area contributed by atoms with Gasteiger partial charge in [-0.15, -0.1) is 0 Å². The summed E-state index contributed by atoms with van der Waals surface area (Å²) in [6, 6.07) is 13.0. The summed E-state index contributed by atoms with van der Waals surface area (Å²) < 4.78 is 56.7. The van der Waals surface area contributed by atoms with Crippen molar-refractivity contribution < 1.29 is 27.5 Å². The number of oxime groups is 1. The van der Waals surface area contributed by atoms with Gasteiger partial charge in [0.2, 0.25) is 0 Å². The lowest BCUT2D eigenvalue weighted by Crippen LogP contribution is -2.13. The fourth-order valence-electron chi connectivity index (χ4n) is 2.61. The molecule has 0 fully saturated rings. The standard InChI is InChI=1S/C21H15ClF4N2O2/c22-18-10-15(21(24,25)26)11-27-19(18)9-13-1-7-17(8-2-13)30-12-20(28-29)14-3-5-16(23)6-4-14/h1-8,10-11,29H,9,12H2. The van der Waals surface area contributed by atoms with Gasteiger partial charge in [0, 0.05) is 18.2 Å². The van der Waals surface area contributed by atoms with Crippen LogP contribution in [0, 0.1) is 5.82 Å². The Hall–Kier alpha value is -3.13. The summed E-state index contributed by atoms with van der Waals surface area (Å²) in [6.07, 6.45) is -3.50. The molecule has 0 bridgehead atoms. The van der Waals surface area contributed by atoms with Crippen LogP contribution in [0.1, 0.15) is 22.4 Å². The maximum atomic E-state index is 13.0. The van der Waals surface area contributed by atoms with Gasteiger partial charge in [-0.05, 0) is 48.0 Å². The summed E-state index contributed by atoms with van der Waals surface area (Å²) in [5, 5.41) is 12.3. The number of pyridine rings is 1. The Morgan fingerprint density at radius 1 is 1.07 bits per heavy atom. The molecule has 0 amide bonds. The molecular weight excluding hydrogens is 424 g/mol. The van der Waals surface area contributed by atoms with Crippen LogP contribution in [0.25, 0.3) is 0 Å². The largest absolute Gasteiger partial charge is 0.487 e. The minimum atomic E-state index is -4.50. The van der Waals surface area contributed by atoms with E-state index in [1.807, 2.05) is 0 Å². The number of benzene rings is 2. The number of nitrogens with zero attached hydrogens (tertiary/aromatic N) is 2. The first kappa shape index (κ1) is 21.6. The van der Waals surface area contributed by atoms with Gasteiger partial charge in [0.15, 0.2) is 0 Å². The number of hydrogen-bond donors (Lipinski definition) is 1. The van der Waals surface area contributed by atoms with Crippen LogP contribution in [0.4, 0.5) is 17.6 Å². The van der Waals surface area contributed by atoms with E-state index in [1.165, 1.54) is 24.3 Å². The molecule has 9 heteroatoms. The van der Waals surface area contributed by atoms with E-state index in [-0.39, 0.29) is 23.8 Å². The molecule has 0 unspecified atom stereocenters. The minimum absolute atomic E-state index is 0.0479. The molecule has 0 saturated carbocycles. The van der Waals surface area contributed by atoms with Crippen LogP contribution < -0.4 is 4.74 Å². The molecule has 0 spiro atoms. The molecule has 0 aliphatic heterocycles. The summed E-state index contributed by atoms with van der Waals surface area (Å²) in [4.78, 5) is 3.82. The summed E-state index contributed by atoms with van der Waals surface area (Å²) in [5.41, 5.74) is 0.927. The van der Waals surface area contributed by atoms with Crippen LogP contribution in [-0.4, -0.2) is 22.5 Å². The number of halogens is 5. The first-order chi connectivity index (χ1) is 14.3. The van der Waals surface area contributed by atoms with Gasteiger partial charge < -0.3 is 9.94 Å². The Kier molecular flexibility index (Phi) is 6.56. The molecule has 30 heavy (non-hydrogen) atoms. The van der Waals surface area contributed by atoms with E-state index in [0.717, 1.165) is 17.8 Å². The Morgan fingerprint density at radius 3 is 2.30 bits per heavy atom. The van der Waals surface area contributed by atoms with Crippen LogP contribution in [0.3, 0.4) is 0 Å². The quantitative estimate of drug-likeness (QED) is 0.231. The molecule has 1 N–H and O–H groups in total. The summed E-state index contributed by atoms with van der Waals surface area (Å²) in [5.74, 6) is 0.0728. The summed E-state index contributed by atoms with van der Waals surface area (Å²) in [6.45, 7) is -0.0479. The van der Waals surface area contributed by atoms with E-state index in [2.05, 4.69) is 10.1 Å². The molecule has 0 saturated heterocycles. The van der Waals surface area contributed by atoms with Gasteiger partial charge in [-0.3, -0.25) is 4.98 Å². The summed E-state index contributed by atoms with van der Waals surface area (Å²) >= 11 is 5.94. The van der Waals surface area contributed by atoms with Gasteiger partial charge >= 0.3 is 6.18 Å². The van der Waals surface area contributed by atoms with Crippen LogP contribution >= 0.6 is 11.6 Å². The van der Waals surface area contributed by atoms with Gasteiger partial charge in [-0.2, -0.15) is 13.2 Å². The molecule has 1 aromatic heterocycles. The van der Waals surface area contributed by atoms with Crippen molar-refractivity contribution in [3.8, 4) is 5.75 Å². The maximum absolute atomic E-state index is 13.0. The predicted octanol–water partition coefficient (Wildman–Crippen LogP) is 5.74. The van der Waals surface area contributed by atoms with Crippen molar-refractivity contribution in [2.45, 2.75) is 12.6 Å². The van der Waals surface area contributed by atoms with Crippen molar-refractivity contribution in [3.63, 3.8) is 0 Å². The normalized spacial score (nSPS) is 12.1. The molecule has 1 heterocycles. The first-order valence-corrected chi connectivity index (χ1v) is 9.04. The van der Waals surface area contributed by atoms with E-state index < -0.39 is 17.6 Å². The third kappa shape index (κ3) is 5.48. The molecule has 0 radical (unpaired) electrons. The monoisotopic (exact) mass is 438 g/mol. The molecule has 0 atom stereocenters. The Bertz CT molecular complexity index is 1040. The second-order valence-corrected chi connectivity index (χ2v) is 6.72. The van der Waals surface area contributed by atoms with Crippen molar-refractivity contribution >= 4 is 17.3 Å². The first-order valence-electron chi connectivity index (χ1n) is 8.66. The highest BCUT2D eigenvalue weighted by atomic mass is 35.5. The maximum Gasteiger partial charge on any atom is 0.417 e. The van der Waals surface area contributed by atoms with E-state index in [1.54, 1.807) is 24.3 Å². The molecule has 3 aromatic rings. The van der Waals surface area contributed by atoms with Crippen LogP contribution in [0.2, 0.25) is 5.02 Å². The lowest BCUT2D eigenvalue weighted by Gasteiger charge is -2.10. The second kappa shape index (κ2) is 9.13. The third-order valence-electron chi connectivity index (χ3n) is 4.21. The molecule has 3 rings (SSSR count). The number of rotatable bonds is 6. The molecular formula is C21H15ClF4N2O2. The lowest BCUT2D eigenvalue weighted by atomic mass is 10.1. The van der Waals surface area contributed by atoms with Crippen LogP contribution in [0.15, 0.2) is 65.9 Å². The molecule has 4 nitrogen and oxygen atoms in total. The Morgan fingerprint density at radius 2 is 1.73 bits per heavy atom. The highest BCUT2D eigenvalue weighted by molar-refractivity contribution is 6.31. The second-order valence-electron chi connectivity index (χ2n) is 6.31. The average Bonchev–Trinajstić information content (AvgIpc) is 2.71. The minimum Gasteiger partial charge on any atom is -0.487 e. The fraction of sp³-hybridized carbons (Fsp3) is 0.143. The van der Waals surface area contributed by atoms with Gasteiger partial charge in [-0.1, -0.05) is 28.9 Å². The fourth-order valence-corrected chi connectivity index (χ4v) is 2.85. The Labute approximate surface area is 174 Å². The number of ether oxygens (including phenoxy) is 1. The number of alkyl halides is 3. The number of aromatic nitrogens is 1. The lowest BCUT2D eigenvalue weighted by molar-refractivity contribution is -0.137. The number of hydrogen-bond acceptors (Lipinski definition) is 4. The summed E-state index contributed by atoms with van der Waals surface area (Å²) in [7, 11) is 0. The molecule has 0 aliphatic carbocycles. The Balaban J connectivity index is 1.63. The third-order valence-corrected chi connectivity index (χ3v) is 4.54. The van der Waals surface area contributed by atoms with Gasteiger partial charge in [0.25, 0.3) is 0 Å². The zero-order chi connectivity index (χ0) is 21.7. The van der Waals surface area contributed by atoms with E-state index >= 15 is 0 Å². The van der Waals surface area contributed by atoms with Crippen molar-refractivity contribution in [3.05, 3.63) is 94.0 Å². The van der Waals surface area contributed by atoms with Gasteiger partial charge in [0.05, 0.1) is 16.3 Å². The van der Waals surface area contributed by atoms with E-state index in [0.29, 0.717) is 17.0 Å². The van der Waals surface area contributed by atoms with Crippen molar-refractivity contribution in [2.75, 3.05) is 6.61 Å². The zero-order valence-corrected chi connectivity index (χ0v) is 16.1. The van der Waals surface area contributed by atoms with Crippen molar-refractivity contribution in [1.29, 1.82) is 0 Å². The van der Waals surface area contributed by atoms with Crippen LogP contribution in [-0.2, 0) is 12.6 Å². The average molecular weight is 439 g/mol. The highest BCUT2D eigenvalue weighted by Crippen LogP contribution is 2.31. The molecule has 0 aliphatic rings. The predicted molar refractivity (Wildman–Crippen MR) is 104 cm³/mol. The highest BCUT2D eigenvalue weighted by Gasteiger charge is 2.31. The van der Waals surface area contributed by atoms with E-state index in [9.17, 15) is 17.6 Å². The molecule has 156 valence electrons.